The molecular weight excluding hydrogens is 184 g/mol. The highest BCUT2D eigenvalue weighted by Gasteiger charge is 1.97. The monoisotopic (exact) mass is 192 g/mol. The molecule has 0 spiro atoms. The van der Waals surface area contributed by atoms with Crippen LogP contribution in [-0.2, 0) is 0 Å². The van der Waals surface area contributed by atoms with Gasteiger partial charge in [0.2, 0.25) is 0 Å². The van der Waals surface area contributed by atoms with Crippen molar-refractivity contribution in [2.75, 3.05) is 5.88 Å². The van der Waals surface area contributed by atoms with Crippen LogP contribution >= 0.6 is 11.6 Å². The number of para-hydroxylation sites is 1. The minimum Gasteiger partial charge on any atom is -0.457 e. The predicted octanol–water partition coefficient (Wildman–Crippen LogP) is 3.68. The molecule has 1 aromatic carbocycles. The van der Waals surface area contributed by atoms with Crippen LogP contribution < -0.4 is 0 Å². The fraction of sp³-hybridized carbons (Fsp3) is 0.0909. The molecule has 13 heavy (non-hydrogen) atoms. The summed E-state index contributed by atoms with van der Waals surface area (Å²) in [6.07, 6.45) is 3.74. The third-order valence-electron chi connectivity index (χ3n) is 1.82. The van der Waals surface area contributed by atoms with Crippen LogP contribution in [0.15, 0.2) is 40.8 Å². The molecule has 1 heterocycles. The fourth-order valence-electron chi connectivity index (χ4n) is 1.25. The SMILES string of the molecule is ClCC=Cc1cc2ccccc2o1. The summed E-state index contributed by atoms with van der Waals surface area (Å²) >= 11 is 5.52. The second-order valence-corrected chi connectivity index (χ2v) is 3.05. The lowest BCUT2D eigenvalue weighted by Gasteiger charge is -1.83. The Labute approximate surface area is 81.6 Å². The first kappa shape index (κ1) is 8.39. The van der Waals surface area contributed by atoms with Crippen LogP contribution in [-0.4, -0.2) is 5.88 Å². The molecule has 1 aromatic heterocycles. The molecule has 0 unspecified atom stereocenters. The van der Waals surface area contributed by atoms with E-state index in [-0.39, 0.29) is 0 Å². The molecule has 0 atom stereocenters. The van der Waals surface area contributed by atoms with E-state index in [1.165, 1.54) is 0 Å². The van der Waals surface area contributed by atoms with E-state index in [1.807, 2.05) is 42.5 Å². The van der Waals surface area contributed by atoms with Gasteiger partial charge in [-0.25, -0.2) is 0 Å². The average molecular weight is 193 g/mol. The number of fused-ring (bicyclic) bond motifs is 1. The van der Waals surface area contributed by atoms with Crippen molar-refractivity contribution < 1.29 is 4.42 Å². The highest BCUT2D eigenvalue weighted by Crippen LogP contribution is 2.19. The average Bonchev–Trinajstić information content (AvgIpc) is 2.57. The number of benzene rings is 1. The lowest BCUT2D eigenvalue weighted by molar-refractivity contribution is 0.604. The third kappa shape index (κ3) is 1.76. The highest BCUT2D eigenvalue weighted by atomic mass is 35.5. The molecule has 0 radical (unpaired) electrons. The highest BCUT2D eigenvalue weighted by molar-refractivity contribution is 6.19. The summed E-state index contributed by atoms with van der Waals surface area (Å²) in [6, 6.07) is 9.93. The van der Waals surface area contributed by atoms with E-state index >= 15 is 0 Å². The van der Waals surface area contributed by atoms with Crippen molar-refractivity contribution in [3.63, 3.8) is 0 Å². The summed E-state index contributed by atoms with van der Waals surface area (Å²) in [4.78, 5) is 0. The Kier molecular flexibility index (Phi) is 2.37. The topological polar surface area (TPSA) is 13.1 Å². The summed E-state index contributed by atoms with van der Waals surface area (Å²) in [5.74, 6) is 1.36. The molecule has 0 bridgehead atoms. The smallest absolute Gasteiger partial charge is 0.134 e. The van der Waals surface area contributed by atoms with Crippen molar-refractivity contribution in [3.8, 4) is 0 Å². The number of halogens is 1. The number of allylic oxidation sites excluding steroid dienone is 1. The molecule has 0 aliphatic heterocycles. The first-order valence-corrected chi connectivity index (χ1v) is 4.64. The van der Waals surface area contributed by atoms with Crippen molar-refractivity contribution in [2.45, 2.75) is 0 Å². The van der Waals surface area contributed by atoms with Gasteiger partial charge in [-0.2, -0.15) is 0 Å². The summed E-state index contributed by atoms with van der Waals surface area (Å²) in [5, 5.41) is 1.12. The first-order valence-electron chi connectivity index (χ1n) is 4.11. The number of hydrogen-bond acceptors (Lipinski definition) is 1. The Bertz CT molecular complexity index is 395. The van der Waals surface area contributed by atoms with Gasteiger partial charge in [0.05, 0.1) is 0 Å². The fourth-order valence-corrected chi connectivity index (χ4v) is 1.33. The second-order valence-electron chi connectivity index (χ2n) is 2.74. The molecule has 0 N–H and O–H groups in total. The van der Waals surface area contributed by atoms with E-state index in [0.717, 1.165) is 16.7 Å². The molecule has 0 saturated carbocycles. The molecule has 1 nitrogen and oxygen atoms in total. The van der Waals surface area contributed by atoms with Gasteiger partial charge >= 0.3 is 0 Å². The van der Waals surface area contributed by atoms with Gasteiger partial charge in [0.15, 0.2) is 0 Å². The molecule has 0 amide bonds. The van der Waals surface area contributed by atoms with Crippen molar-refractivity contribution >= 4 is 28.6 Å². The van der Waals surface area contributed by atoms with Gasteiger partial charge in [-0.15, -0.1) is 11.6 Å². The van der Waals surface area contributed by atoms with Gasteiger partial charge in [-0.3, -0.25) is 0 Å². The Morgan fingerprint density at radius 1 is 1.31 bits per heavy atom. The normalized spacial score (nSPS) is 11.5. The van der Waals surface area contributed by atoms with Crippen molar-refractivity contribution in [1.82, 2.24) is 0 Å². The van der Waals surface area contributed by atoms with E-state index in [4.69, 9.17) is 16.0 Å². The standard InChI is InChI=1S/C11H9ClO/c12-7-3-5-10-8-9-4-1-2-6-11(9)13-10/h1-6,8H,7H2. The number of hydrogen-bond donors (Lipinski definition) is 0. The van der Waals surface area contributed by atoms with E-state index in [9.17, 15) is 0 Å². The van der Waals surface area contributed by atoms with Gasteiger partial charge in [0, 0.05) is 11.3 Å². The van der Waals surface area contributed by atoms with Crippen LogP contribution in [0.25, 0.3) is 17.0 Å². The summed E-state index contributed by atoms with van der Waals surface area (Å²) in [7, 11) is 0. The molecule has 0 aliphatic rings. The van der Waals surface area contributed by atoms with E-state index in [2.05, 4.69) is 0 Å². The van der Waals surface area contributed by atoms with Gasteiger partial charge in [0.1, 0.15) is 11.3 Å². The maximum Gasteiger partial charge on any atom is 0.134 e. The van der Waals surface area contributed by atoms with Gasteiger partial charge < -0.3 is 4.42 Å². The maximum absolute atomic E-state index is 5.52. The summed E-state index contributed by atoms with van der Waals surface area (Å²) in [5.41, 5.74) is 0.914. The minimum absolute atomic E-state index is 0.511. The lowest BCUT2D eigenvalue weighted by Crippen LogP contribution is -1.61. The van der Waals surface area contributed by atoms with Crippen LogP contribution in [0.2, 0.25) is 0 Å². The van der Waals surface area contributed by atoms with Crippen LogP contribution in [0, 0.1) is 0 Å². The largest absolute Gasteiger partial charge is 0.457 e. The summed E-state index contributed by atoms with van der Waals surface area (Å²) in [6.45, 7) is 0. The lowest BCUT2D eigenvalue weighted by atomic mass is 10.2. The molecule has 0 fully saturated rings. The zero-order valence-electron chi connectivity index (χ0n) is 7.03. The molecule has 0 aliphatic carbocycles. The van der Waals surface area contributed by atoms with E-state index in [0.29, 0.717) is 5.88 Å². The van der Waals surface area contributed by atoms with Crippen LogP contribution in [0.1, 0.15) is 5.76 Å². The van der Waals surface area contributed by atoms with E-state index in [1.54, 1.807) is 0 Å². The Morgan fingerprint density at radius 2 is 2.15 bits per heavy atom. The van der Waals surface area contributed by atoms with Gasteiger partial charge in [-0.05, 0) is 18.2 Å². The van der Waals surface area contributed by atoms with Gasteiger partial charge in [0.25, 0.3) is 0 Å². The molecule has 2 heteroatoms. The molecular formula is C11H9ClO. The Morgan fingerprint density at radius 3 is 2.92 bits per heavy atom. The Balaban J connectivity index is 2.44. The summed E-state index contributed by atoms with van der Waals surface area (Å²) < 4.78 is 5.52. The number of rotatable bonds is 2. The van der Waals surface area contributed by atoms with Crippen molar-refractivity contribution in [3.05, 3.63) is 42.2 Å². The molecule has 2 rings (SSSR count). The van der Waals surface area contributed by atoms with Crippen LogP contribution in [0.4, 0.5) is 0 Å². The number of alkyl halides is 1. The zero-order chi connectivity index (χ0) is 9.10. The second kappa shape index (κ2) is 3.67. The molecule has 0 saturated heterocycles. The zero-order valence-corrected chi connectivity index (χ0v) is 7.79. The molecule has 2 aromatic rings. The third-order valence-corrected chi connectivity index (χ3v) is 1.99. The minimum atomic E-state index is 0.511. The van der Waals surface area contributed by atoms with Crippen LogP contribution in [0.5, 0.6) is 0 Å². The van der Waals surface area contributed by atoms with Crippen molar-refractivity contribution in [2.24, 2.45) is 0 Å². The van der Waals surface area contributed by atoms with Crippen molar-refractivity contribution in [1.29, 1.82) is 0 Å². The maximum atomic E-state index is 5.52. The Hall–Kier alpha value is -1.21. The van der Waals surface area contributed by atoms with E-state index < -0.39 is 0 Å². The molecule has 66 valence electrons. The van der Waals surface area contributed by atoms with Gasteiger partial charge in [-0.1, -0.05) is 24.3 Å². The first-order chi connectivity index (χ1) is 6.40. The van der Waals surface area contributed by atoms with Crippen LogP contribution in [0.3, 0.4) is 0 Å². The number of furan rings is 1. The predicted molar refractivity (Wildman–Crippen MR) is 56.0 cm³/mol. The quantitative estimate of drug-likeness (QED) is 0.662.